The molecule has 2 atom stereocenters. The summed E-state index contributed by atoms with van der Waals surface area (Å²) < 4.78 is 1.41. The van der Waals surface area contributed by atoms with Crippen LogP contribution in [0.3, 0.4) is 0 Å². The second-order valence-electron chi connectivity index (χ2n) is 7.01. The maximum absolute atomic E-state index is 2.43. The second kappa shape index (κ2) is 6.35. The molecule has 0 amide bonds. The highest BCUT2D eigenvalue weighted by Crippen LogP contribution is 2.49. The van der Waals surface area contributed by atoms with Crippen LogP contribution >= 0.6 is 23.7 Å². The molecular weight excluding hydrogens is 310 g/mol. The van der Waals surface area contributed by atoms with Crippen LogP contribution in [0.2, 0.25) is 0 Å². The van der Waals surface area contributed by atoms with Crippen LogP contribution in [-0.2, 0) is 0 Å². The molecule has 1 aromatic heterocycles. The summed E-state index contributed by atoms with van der Waals surface area (Å²) in [6.45, 7) is 1.13. The Morgan fingerprint density at radius 3 is 2.86 bits per heavy atom. The summed E-state index contributed by atoms with van der Waals surface area (Å²) in [5.41, 5.74) is 4.88. The van der Waals surface area contributed by atoms with Crippen LogP contribution in [0.15, 0.2) is 35.2 Å². The molecule has 1 aromatic carbocycles. The van der Waals surface area contributed by atoms with Gasteiger partial charge >= 0.3 is 0 Å². The number of hydrogen-bond acceptors (Lipinski definition) is 2. The van der Waals surface area contributed by atoms with Gasteiger partial charge in [-0.05, 0) is 91.7 Å². The average Bonchev–Trinajstić information content (AvgIpc) is 3.05. The number of rotatable bonds is 3. The first-order chi connectivity index (χ1) is 10.2. The van der Waals surface area contributed by atoms with Crippen molar-refractivity contribution in [3.63, 3.8) is 0 Å². The molecule has 0 radical (unpaired) electrons. The maximum atomic E-state index is 2.43. The zero-order chi connectivity index (χ0) is 14.4. The highest BCUT2D eigenvalue weighted by atomic mass is 35.5. The van der Waals surface area contributed by atoms with E-state index in [0.29, 0.717) is 0 Å². The Balaban J connectivity index is 0.00000144. The van der Waals surface area contributed by atoms with Crippen LogP contribution in [0.25, 0.3) is 15.7 Å². The lowest BCUT2D eigenvalue weighted by Gasteiger charge is -2.29. The fourth-order valence-electron chi connectivity index (χ4n) is 4.38. The number of hydrogen-bond donors (Lipinski definition) is 0. The minimum atomic E-state index is 0. The van der Waals surface area contributed by atoms with E-state index in [1.165, 1.54) is 41.3 Å². The third-order valence-electron chi connectivity index (χ3n) is 5.14. The third-order valence-corrected chi connectivity index (χ3v) is 6.03. The predicted molar refractivity (Wildman–Crippen MR) is 100.0 cm³/mol. The quantitative estimate of drug-likeness (QED) is 0.721. The number of thiophene rings is 1. The predicted octanol–water partition coefficient (Wildman–Crippen LogP) is 5.46. The topological polar surface area (TPSA) is 3.24 Å². The monoisotopic (exact) mass is 333 g/mol. The van der Waals surface area contributed by atoms with Gasteiger partial charge in [0, 0.05) is 11.2 Å². The van der Waals surface area contributed by atoms with Gasteiger partial charge in [-0.25, -0.2) is 0 Å². The lowest BCUT2D eigenvalue weighted by atomic mass is 9.79. The molecule has 1 fully saturated rings. The number of likely N-dealkylation sites (N-methyl/N-ethyl adjacent to an activating group) is 1. The smallest absolute Gasteiger partial charge is 0.0343 e. The number of fused-ring (bicyclic) bond motifs is 3. The highest BCUT2D eigenvalue weighted by Gasteiger charge is 2.35. The molecule has 22 heavy (non-hydrogen) atoms. The van der Waals surface area contributed by atoms with Gasteiger partial charge in [-0.3, -0.25) is 0 Å². The highest BCUT2D eigenvalue weighted by molar-refractivity contribution is 7.17. The first-order valence-corrected chi connectivity index (χ1v) is 8.93. The fraction of sp³-hybridized carbons (Fsp3) is 0.474. The van der Waals surface area contributed by atoms with Gasteiger partial charge in [0.15, 0.2) is 0 Å². The molecule has 3 heteroatoms. The van der Waals surface area contributed by atoms with Gasteiger partial charge < -0.3 is 4.90 Å². The molecule has 0 unspecified atom stereocenters. The number of benzene rings is 1. The van der Waals surface area contributed by atoms with E-state index in [2.05, 4.69) is 48.6 Å². The Labute approximate surface area is 143 Å². The standard InChI is InChI=1S/C19H23NS.ClH/c1-20(2)12-17-10-13-3-4-15(9-13)19(17)16-5-6-18-14(11-16)7-8-21-18;/h5-8,11,13,15H,3-4,9-10,12H2,1-2H3;1H/t13-,15-;/m0./s1. The fourth-order valence-corrected chi connectivity index (χ4v) is 5.15. The van der Waals surface area contributed by atoms with Gasteiger partial charge in [0.1, 0.15) is 0 Å². The Hall–Kier alpha value is -0.830. The van der Waals surface area contributed by atoms with Gasteiger partial charge in [0.2, 0.25) is 0 Å². The molecule has 2 aromatic rings. The van der Waals surface area contributed by atoms with Crippen molar-refractivity contribution in [2.75, 3.05) is 20.6 Å². The molecule has 1 nitrogen and oxygen atoms in total. The minimum absolute atomic E-state index is 0. The SMILES string of the molecule is CN(C)CC1=C(c2ccc3sccc3c2)[C@H]2CC[C@H](C1)C2.Cl. The van der Waals surface area contributed by atoms with Crippen LogP contribution in [0.5, 0.6) is 0 Å². The van der Waals surface area contributed by atoms with Crippen molar-refractivity contribution >= 4 is 39.4 Å². The van der Waals surface area contributed by atoms with E-state index in [4.69, 9.17) is 0 Å². The van der Waals surface area contributed by atoms with Gasteiger partial charge in [0.05, 0.1) is 0 Å². The number of nitrogens with zero attached hydrogens (tertiary/aromatic N) is 1. The van der Waals surface area contributed by atoms with E-state index in [-0.39, 0.29) is 12.4 Å². The molecule has 1 saturated carbocycles. The Bertz CT molecular complexity index is 700. The average molecular weight is 334 g/mol. The van der Waals surface area contributed by atoms with Crippen molar-refractivity contribution in [1.82, 2.24) is 4.90 Å². The Morgan fingerprint density at radius 1 is 1.18 bits per heavy atom. The summed E-state index contributed by atoms with van der Waals surface area (Å²) in [5.74, 6) is 1.77. The number of allylic oxidation sites excluding steroid dienone is 1. The summed E-state index contributed by atoms with van der Waals surface area (Å²) >= 11 is 1.84. The van der Waals surface area contributed by atoms with Crippen LogP contribution in [0.4, 0.5) is 0 Å². The van der Waals surface area contributed by atoms with Crippen LogP contribution in [-0.4, -0.2) is 25.5 Å². The summed E-state index contributed by atoms with van der Waals surface area (Å²) in [6.07, 6.45) is 5.59. The van der Waals surface area contributed by atoms with Crippen LogP contribution in [0, 0.1) is 11.8 Å². The zero-order valence-corrected chi connectivity index (χ0v) is 15.0. The van der Waals surface area contributed by atoms with Crippen molar-refractivity contribution in [3.05, 3.63) is 40.8 Å². The normalized spacial score (nSPS) is 24.1. The summed E-state index contributed by atoms with van der Waals surface area (Å²) in [5, 5.41) is 3.62. The molecule has 2 bridgehead atoms. The molecular formula is C19H24ClNS. The lowest BCUT2D eigenvalue weighted by Crippen LogP contribution is -2.21. The molecule has 118 valence electrons. The van der Waals surface area contributed by atoms with E-state index in [1.54, 1.807) is 11.1 Å². The molecule has 0 saturated heterocycles. The summed E-state index contributed by atoms with van der Waals surface area (Å²) in [7, 11) is 4.40. The van der Waals surface area contributed by atoms with Gasteiger partial charge in [0.25, 0.3) is 0 Å². The second-order valence-corrected chi connectivity index (χ2v) is 7.96. The molecule has 1 heterocycles. The molecule has 0 N–H and O–H groups in total. The summed E-state index contributed by atoms with van der Waals surface area (Å²) in [4.78, 5) is 2.34. The largest absolute Gasteiger partial charge is 0.305 e. The lowest BCUT2D eigenvalue weighted by molar-refractivity contribution is 0.413. The Kier molecular flexibility index (Phi) is 4.63. The Morgan fingerprint density at radius 2 is 2.05 bits per heavy atom. The van der Waals surface area contributed by atoms with E-state index < -0.39 is 0 Å². The van der Waals surface area contributed by atoms with Gasteiger partial charge in [-0.2, -0.15) is 0 Å². The van der Waals surface area contributed by atoms with Crippen molar-refractivity contribution in [2.24, 2.45) is 11.8 Å². The minimum Gasteiger partial charge on any atom is -0.305 e. The van der Waals surface area contributed by atoms with Crippen molar-refractivity contribution < 1.29 is 0 Å². The molecule has 0 spiro atoms. The van der Waals surface area contributed by atoms with Crippen molar-refractivity contribution in [3.8, 4) is 0 Å². The third kappa shape index (κ3) is 2.84. The first-order valence-electron chi connectivity index (χ1n) is 8.05. The van der Waals surface area contributed by atoms with E-state index in [1.807, 2.05) is 11.3 Å². The molecule has 0 aliphatic heterocycles. The van der Waals surface area contributed by atoms with E-state index in [9.17, 15) is 0 Å². The van der Waals surface area contributed by atoms with Crippen molar-refractivity contribution in [2.45, 2.75) is 25.7 Å². The first kappa shape index (κ1) is 16.0. The molecule has 2 aliphatic carbocycles. The van der Waals surface area contributed by atoms with Gasteiger partial charge in [-0.1, -0.05) is 11.6 Å². The van der Waals surface area contributed by atoms with E-state index >= 15 is 0 Å². The summed E-state index contributed by atoms with van der Waals surface area (Å²) in [6, 6.07) is 9.37. The molecule has 4 rings (SSSR count). The van der Waals surface area contributed by atoms with E-state index in [0.717, 1.165) is 18.4 Å². The molecule has 2 aliphatic rings. The van der Waals surface area contributed by atoms with Crippen LogP contribution in [0.1, 0.15) is 31.2 Å². The number of halogens is 1. The van der Waals surface area contributed by atoms with Gasteiger partial charge in [-0.15, -0.1) is 23.7 Å². The maximum Gasteiger partial charge on any atom is 0.0343 e. The zero-order valence-electron chi connectivity index (χ0n) is 13.3. The van der Waals surface area contributed by atoms with Crippen LogP contribution < -0.4 is 0 Å². The van der Waals surface area contributed by atoms with Crippen molar-refractivity contribution in [1.29, 1.82) is 0 Å².